The summed E-state index contributed by atoms with van der Waals surface area (Å²) in [6.07, 6.45) is -2.01. The molecule has 0 aromatic rings. The van der Waals surface area contributed by atoms with Crippen molar-refractivity contribution in [2.24, 2.45) is 29.4 Å². The van der Waals surface area contributed by atoms with Crippen LogP contribution in [0.25, 0.3) is 0 Å². The van der Waals surface area contributed by atoms with Gasteiger partial charge in [-0.3, -0.25) is 4.79 Å². The molecule has 4 N–H and O–H groups in total. The minimum atomic E-state index is -1.39. The van der Waals surface area contributed by atoms with Gasteiger partial charge in [0.15, 0.2) is 6.29 Å². The number of rotatable bonds is 7. The molecule has 0 aliphatic carbocycles. The van der Waals surface area contributed by atoms with Crippen molar-refractivity contribution in [2.45, 2.75) is 154 Å². The van der Waals surface area contributed by atoms with Crippen molar-refractivity contribution in [1.82, 2.24) is 4.90 Å². The average molecular weight is 601 g/mol. The fraction of sp³-hybridized carbons (Fsp3) is 0.969. The molecule has 3 aliphatic heterocycles. The van der Waals surface area contributed by atoms with Crippen LogP contribution in [-0.4, -0.2) is 108 Å². The lowest BCUT2D eigenvalue weighted by Gasteiger charge is -2.47. The van der Waals surface area contributed by atoms with Crippen LogP contribution in [0.2, 0.25) is 0 Å². The first-order valence-corrected chi connectivity index (χ1v) is 16.1. The Bertz CT molecular complexity index is 889. The summed E-state index contributed by atoms with van der Waals surface area (Å²) in [4.78, 5) is 15.7. The third-order valence-electron chi connectivity index (χ3n) is 10.2. The lowest BCUT2D eigenvalue weighted by atomic mass is 9.75. The van der Waals surface area contributed by atoms with Gasteiger partial charge in [0.2, 0.25) is 0 Å². The molecule has 0 aromatic heterocycles. The van der Waals surface area contributed by atoms with E-state index in [1.807, 2.05) is 53.6 Å². The summed E-state index contributed by atoms with van der Waals surface area (Å²) < 4.78 is 32.0. The molecule has 42 heavy (non-hydrogen) atoms. The van der Waals surface area contributed by atoms with E-state index in [0.29, 0.717) is 25.9 Å². The lowest BCUT2D eigenvalue weighted by molar-refractivity contribution is -0.300. The highest BCUT2D eigenvalue weighted by Crippen LogP contribution is 2.45. The van der Waals surface area contributed by atoms with Crippen molar-refractivity contribution >= 4 is 5.97 Å². The van der Waals surface area contributed by atoms with E-state index in [0.717, 1.165) is 6.42 Å². The van der Waals surface area contributed by atoms with E-state index in [-0.39, 0.29) is 36.1 Å². The zero-order valence-electron chi connectivity index (χ0n) is 27.9. The molecule has 10 heteroatoms. The van der Waals surface area contributed by atoms with Gasteiger partial charge in [0, 0.05) is 30.5 Å². The number of hydrogen-bond acceptors (Lipinski definition) is 10. The molecule has 246 valence electrons. The second-order valence-corrected chi connectivity index (χ2v) is 14.1. The highest BCUT2D eigenvalue weighted by Gasteiger charge is 2.57. The summed E-state index contributed by atoms with van der Waals surface area (Å²) >= 11 is 0. The predicted octanol–water partition coefficient (Wildman–Crippen LogP) is 3.10. The van der Waals surface area contributed by atoms with E-state index in [1.54, 1.807) is 13.8 Å². The number of cyclic esters (lactones) is 1. The van der Waals surface area contributed by atoms with E-state index in [9.17, 15) is 15.0 Å². The van der Waals surface area contributed by atoms with Crippen LogP contribution in [0, 0.1) is 23.7 Å². The van der Waals surface area contributed by atoms with E-state index in [1.165, 1.54) is 0 Å². The Morgan fingerprint density at radius 2 is 1.74 bits per heavy atom. The van der Waals surface area contributed by atoms with E-state index >= 15 is 0 Å². The minimum absolute atomic E-state index is 0.0310. The number of aliphatic hydroxyl groups excluding tert-OH is 1. The molecule has 3 heterocycles. The van der Waals surface area contributed by atoms with Gasteiger partial charge in [-0.2, -0.15) is 0 Å². The predicted molar refractivity (Wildman–Crippen MR) is 161 cm³/mol. The van der Waals surface area contributed by atoms with Gasteiger partial charge >= 0.3 is 5.97 Å². The first-order chi connectivity index (χ1) is 19.5. The van der Waals surface area contributed by atoms with Crippen molar-refractivity contribution < 1.29 is 38.7 Å². The molecule has 15 atom stereocenters. The van der Waals surface area contributed by atoms with Crippen LogP contribution in [0.1, 0.15) is 88.0 Å². The van der Waals surface area contributed by atoms with E-state index in [4.69, 9.17) is 29.4 Å². The largest absolute Gasteiger partial charge is 0.459 e. The molecule has 3 rings (SSSR count). The minimum Gasteiger partial charge on any atom is -0.459 e. The number of esters is 1. The zero-order chi connectivity index (χ0) is 31.7. The first kappa shape index (κ1) is 35.6. The number of hydrogen-bond donors (Lipinski definition) is 3. The van der Waals surface area contributed by atoms with Crippen molar-refractivity contribution in [3.63, 3.8) is 0 Å². The van der Waals surface area contributed by atoms with Crippen molar-refractivity contribution in [3.05, 3.63) is 0 Å². The van der Waals surface area contributed by atoms with Gasteiger partial charge in [0.1, 0.15) is 17.8 Å². The third kappa shape index (κ3) is 7.17. The first-order valence-electron chi connectivity index (χ1n) is 16.1. The van der Waals surface area contributed by atoms with Crippen molar-refractivity contribution in [2.75, 3.05) is 20.7 Å². The highest BCUT2D eigenvalue weighted by molar-refractivity contribution is 5.73. The molecule has 3 fully saturated rings. The van der Waals surface area contributed by atoms with Gasteiger partial charge < -0.3 is 44.5 Å². The van der Waals surface area contributed by atoms with Crippen LogP contribution >= 0.6 is 0 Å². The van der Waals surface area contributed by atoms with Crippen LogP contribution in [0.3, 0.4) is 0 Å². The number of likely N-dealkylation sites (N-methyl/N-ethyl adjacent to an activating group) is 1. The van der Waals surface area contributed by atoms with Gasteiger partial charge in [-0.05, 0) is 73.4 Å². The Labute approximate surface area is 253 Å². The molecule has 10 nitrogen and oxygen atoms in total. The maximum absolute atomic E-state index is 13.8. The molecule has 2 bridgehead atoms. The number of carbonyl (C=O) groups excluding carboxylic acids is 1. The Morgan fingerprint density at radius 3 is 2.31 bits per heavy atom. The molecular formula is C32H60N2O8. The smallest absolute Gasteiger partial charge is 0.311 e. The van der Waals surface area contributed by atoms with Crippen molar-refractivity contribution in [1.29, 1.82) is 0 Å². The maximum atomic E-state index is 13.8. The second kappa shape index (κ2) is 14.1. The molecule has 3 aliphatic rings. The number of aliphatic hydroxyl groups is 2. The molecule has 0 spiro atoms. The van der Waals surface area contributed by atoms with Crippen LogP contribution in [-0.2, 0) is 28.5 Å². The standard InChI is InChI=1S/C32H60N2O8/c1-12-14-38-26-20(6)28(41-30-24(35)22(34(10)11)15-18(4)39-30)31(8,37)16-17(3)25-19(5)27(33)32(9,42-25)23(13-2)40-29(36)21(26)7/h17-28,30,35,37H,12-16,33H2,1-11H3/t17-,18-,19+,20+,21-,22+,23-,24-,25+,26+,27+,28-,30?,31-,32?/m1/s1. The number of nitrogens with zero attached hydrogens (tertiary/aromatic N) is 1. The summed E-state index contributed by atoms with van der Waals surface area (Å²) in [7, 11) is 3.85. The summed E-state index contributed by atoms with van der Waals surface area (Å²) in [5.41, 5.74) is 4.51. The topological polar surface area (TPSA) is 133 Å². The number of carbonyl (C=O) groups is 1. The highest BCUT2D eigenvalue weighted by atomic mass is 16.7. The summed E-state index contributed by atoms with van der Waals surface area (Å²) in [5, 5.41) is 23.6. The fourth-order valence-corrected chi connectivity index (χ4v) is 7.82. The van der Waals surface area contributed by atoms with E-state index in [2.05, 4.69) is 13.8 Å². The summed E-state index contributed by atoms with van der Waals surface area (Å²) in [6, 6.07) is -0.536. The number of nitrogens with two attached hydrogens (primary N) is 1. The molecule has 0 saturated carbocycles. The van der Waals surface area contributed by atoms with Crippen molar-refractivity contribution in [3.8, 4) is 0 Å². The normalized spacial score (nSPS) is 49.2. The van der Waals surface area contributed by atoms with E-state index < -0.39 is 59.7 Å². The Morgan fingerprint density at radius 1 is 1.10 bits per heavy atom. The molecule has 0 radical (unpaired) electrons. The summed E-state index contributed by atoms with van der Waals surface area (Å²) in [6.45, 7) is 18.0. The van der Waals surface area contributed by atoms with Gasteiger partial charge in [0.25, 0.3) is 0 Å². The lowest BCUT2D eigenvalue weighted by Crippen LogP contribution is -2.59. The van der Waals surface area contributed by atoms with Gasteiger partial charge in [-0.15, -0.1) is 0 Å². The molecular weight excluding hydrogens is 540 g/mol. The van der Waals surface area contributed by atoms with Gasteiger partial charge in [0.05, 0.1) is 35.9 Å². The molecule has 0 amide bonds. The quantitative estimate of drug-likeness (QED) is 0.375. The molecule has 2 unspecified atom stereocenters. The number of fused-ring (bicyclic) bond motifs is 2. The van der Waals surface area contributed by atoms with Gasteiger partial charge in [-0.1, -0.05) is 34.6 Å². The average Bonchev–Trinajstić information content (AvgIpc) is 3.15. The van der Waals surface area contributed by atoms with Crippen LogP contribution in [0.5, 0.6) is 0 Å². The Balaban J connectivity index is 2.09. The van der Waals surface area contributed by atoms with Crippen LogP contribution in [0.4, 0.5) is 0 Å². The monoisotopic (exact) mass is 600 g/mol. The Hall–Kier alpha value is -0.850. The van der Waals surface area contributed by atoms with Crippen LogP contribution < -0.4 is 5.73 Å². The van der Waals surface area contributed by atoms with Gasteiger partial charge in [-0.25, -0.2) is 0 Å². The fourth-order valence-electron chi connectivity index (χ4n) is 7.82. The summed E-state index contributed by atoms with van der Waals surface area (Å²) in [5.74, 6) is -1.66. The van der Waals surface area contributed by atoms with Crippen LogP contribution in [0.15, 0.2) is 0 Å². The molecule has 3 saturated heterocycles. The Kier molecular flexibility index (Phi) is 11.9. The molecule has 0 aromatic carbocycles. The zero-order valence-corrected chi connectivity index (χ0v) is 27.9. The maximum Gasteiger partial charge on any atom is 0.311 e. The number of ether oxygens (including phenoxy) is 5. The SMILES string of the molecule is CCCO[C@H]1[C@H](C)[C@@H](OC2O[C@H](C)C[C@H](N(C)C)[C@H]2O)[C@](C)(O)C[C@@H](C)[C@@H]2OC(C)([C@@H](CC)OC(=O)[C@@H]1C)[C@@H](N)[C@H]2C. The second-order valence-electron chi connectivity index (χ2n) is 14.1. The third-order valence-corrected chi connectivity index (χ3v) is 10.2.